The van der Waals surface area contributed by atoms with E-state index in [4.69, 9.17) is 0 Å². The number of para-hydroxylation sites is 1. The molecule has 2 rings (SSSR count). The Morgan fingerprint density at radius 2 is 1.77 bits per heavy atom. The molecule has 3 N–H and O–H groups in total. The van der Waals surface area contributed by atoms with Gasteiger partial charge in [-0.2, -0.15) is 0 Å². The molecule has 0 saturated carbocycles. The fourth-order valence-electron chi connectivity index (χ4n) is 3.12. The van der Waals surface area contributed by atoms with Gasteiger partial charge in [0, 0.05) is 0 Å². The number of nitrogens with one attached hydrogen (secondary N) is 1. The molecule has 5 nitrogen and oxygen atoms in total. The van der Waals surface area contributed by atoms with Crippen molar-refractivity contribution >= 4 is 19.6 Å². The van der Waals surface area contributed by atoms with Crippen molar-refractivity contribution in [3.63, 3.8) is 0 Å². The van der Waals surface area contributed by atoms with Crippen LogP contribution in [0.15, 0.2) is 42.2 Å². The van der Waals surface area contributed by atoms with Gasteiger partial charge in [-0.1, -0.05) is 52.0 Å². The molecule has 0 spiro atoms. The second-order valence-electron chi connectivity index (χ2n) is 6.85. The van der Waals surface area contributed by atoms with Crippen molar-refractivity contribution in [2.75, 3.05) is 12.6 Å². The average molecular weight is 379 g/mol. The van der Waals surface area contributed by atoms with Gasteiger partial charge in [-0.25, -0.2) is 0 Å². The van der Waals surface area contributed by atoms with Crippen molar-refractivity contribution in [2.45, 2.75) is 34.1 Å². The largest absolute Gasteiger partial charge is 0.508 e. The Morgan fingerprint density at radius 1 is 1.15 bits per heavy atom. The van der Waals surface area contributed by atoms with E-state index in [0.29, 0.717) is 12.0 Å². The summed E-state index contributed by atoms with van der Waals surface area (Å²) in [5, 5.41) is 19.5. The molecule has 144 valence electrons. The zero-order chi connectivity index (χ0) is 19.7. The van der Waals surface area contributed by atoms with Crippen molar-refractivity contribution in [3.8, 4) is 5.75 Å². The molecule has 1 aromatic heterocycles. The van der Waals surface area contributed by atoms with Gasteiger partial charge in [0.1, 0.15) is 5.75 Å². The lowest BCUT2D eigenvalue weighted by Gasteiger charge is -2.37. The average Bonchev–Trinajstić information content (AvgIpc) is 3.07. The Hall–Kier alpha value is -1.97. The van der Waals surface area contributed by atoms with E-state index in [1.54, 1.807) is 25.3 Å². The van der Waals surface area contributed by atoms with E-state index in [1.807, 2.05) is 45.9 Å². The standard InChI is InChI=1S/C15H22O3.C5H8NOP/c1-10(2)15(11(3)4,14(17)18)9-12-7-5-6-8-13(12)16;1-7-6-5-3-2-4-8-5/h5-8,10-11,16H,9H2,1-4H3,(H,17,18);2-4,6,8H,1H3. The van der Waals surface area contributed by atoms with Gasteiger partial charge in [0.25, 0.3) is 0 Å². The second kappa shape index (κ2) is 10.2. The number of rotatable bonds is 7. The molecule has 1 aromatic carbocycles. The van der Waals surface area contributed by atoms with E-state index >= 15 is 0 Å². The molecule has 2 aromatic rings. The molecule has 26 heavy (non-hydrogen) atoms. The van der Waals surface area contributed by atoms with Crippen LogP contribution in [0.4, 0.5) is 5.42 Å². The Labute approximate surface area is 157 Å². The summed E-state index contributed by atoms with van der Waals surface area (Å²) in [6.07, 6.45) is 0.352. The monoisotopic (exact) mass is 379 g/mol. The number of carboxylic acid groups (broad SMARTS) is 1. The minimum atomic E-state index is -0.848. The van der Waals surface area contributed by atoms with Crippen molar-refractivity contribution in [2.24, 2.45) is 17.3 Å². The summed E-state index contributed by atoms with van der Waals surface area (Å²) in [4.78, 5) is 16.4. The van der Waals surface area contributed by atoms with Crippen LogP contribution >= 0.6 is 8.19 Å². The highest BCUT2D eigenvalue weighted by molar-refractivity contribution is 7.33. The predicted molar refractivity (Wildman–Crippen MR) is 108 cm³/mol. The Morgan fingerprint density at radius 3 is 2.19 bits per heavy atom. The number of phenolic OH excluding ortho intramolecular Hbond substituents is 1. The molecule has 1 unspecified atom stereocenters. The van der Waals surface area contributed by atoms with Gasteiger partial charge in [-0.15, -0.1) is 8.19 Å². The fraction of sp³-hybridized carbons (Fsp3) is 0.450. The minimum absolute atomic E-state index is 0.00499. The second-order valence-corrected chi connectivity index (χ2v) is 8.01. The van der Waals surface area contributed by atoms with Crippen LogP contribution in [0.1, 0.15) is 33.3 Å². The SMILES string of the molecule is CC(C)C(Cc1ccccc1O)(C(=O)O)C(C)C.CONc1ccc[pH]1. The topological polar surface area (TPSA) is 78.8 Å². The zero-order valence-electron chi connectivity index (χ0n) is 16.1. The zero-order valence-corrected chi connectivity index (χ0v) is 17.1. The molecule has 6 heteroatoms. The summed E-state index contributed by atoms with van der Waals surface area (Å²) in [5.41, 5.74) is 3.75. The van der Waals surface area contributed by atoms with E-state index in [9.17, 15) is 15.0 Å². The van der Waals surface area contributed by atoms with E-state index in [2.05, 4.69) is 16.1 Å². The van der Waals surface area contributed by atoms with Crippen LogP contribution in [0, 0.1) is 17.3 Å². The van der Waals surface area contributed by atoms with Crippen LogP contribution in [-0.4, -0.2) is 23.3 Å². The first kappa shape index (κ1) is 22.1. The highest BCUT2D eigenvalue weighted by Crippen LogP contribution is 2.41. The first-order valence-corrected chi connectivity index (χ1v) is 9.76. The summed E-state index contributed by atoms with van der Waals surface area (Å²) < 4.78 is 0. The first-order valence-electron chi connectivity index (χ1n) is 8.68. The van der Waals surface area contributed by atoms with Crippen LogP contribution in [0.2, 0.25) is 0 Å². The van der Waals surface area contributed by atoms with Crippen molar-refractivity contribution in [3.05, 3.63) is 47.8 Å². The Balaban J connectivity index is 0.000000350. The van der Waals surface area contributed by atoms with Gasteiger partial charge < -0.3 is 10.2 Å². The molecule has 0 saturated heterocycles. The number of phenols is 1. The number of aliphatic carboxylic acids is 1. The number of benzene rings is 1. The first-order chi connectivity index (χ1) is 12.3. The molecular weight excluding hydrogens is 349 g/mol. The van der Waals surface area contributed by atoms with Crippen LogP contribution in [0.5, 0.6) is 5.75 Å². The molecule has 0 aliphatic rings. The maximum atomic E-state index is 11.7. The molecule has 0 bridgehead atoms. The number of hydrogen-bond donors (Lipinski definition) is 3. The number of carbonyl (C=O) groups is 1. The number of hydrogen-bond acceptors (Lipinski definition) is 4. The van der Waals surface area contributed by atoms with Gasteiger partial charge >= 0.3 is 5.97 Å². The van der Waals surface area contributed by atoms with Gasteiger partial charge in [-0.3, -0.25) is 15.1 Å². The maximum absolute atomic E-state index is 11.7. The third-order valence-electron chi connectivity index (χ3n) is 4.74. The third-order valence-corrected chi connectivity index (χ3v) is 5.68. The summed E-state index contributed by atoms with van der Waals surface area (Å²) in [5.74, 6) is 1.46. The van der Waals surface area contributed by atoms with E-state index in [0.717, 1.165) is 13.6 Å². The van der Waals surface area contributed by atoms with E-state index in [-0.39, 0.29) is 17.6 Å². The van der Waals surface area contributed by atoms with Gasteiger partial charge in [0.15, 0.2) is 0 Å². The molecule has 1 atom stereocenters. The van der Waals surface area contributed by atoms with Crippen LogP contribution in [0.3, 0.4) is 0 Å². The van der Waals surface area contributed by atoms with Crippen molar-refractivity contribution < 1.29 is 19.8 Å². The lowest BCUT2D eigenvalue weighted by atomic mass is 9.65. The van der Waals surface area contributed by atoms with Gasteiger partial charge in [0.05, 0.1) is 17.9 Å². The Kier molecular flexibility index (Phi) is 8.70. The number of carboxylic acids is 1. The quantitative estimate of drug-likeness (QED) is 0.590. The molecule has 1 heterocycles. The van der Waals surface area contributed by atoms with Crippen LogP contribution in [0.25, 0.3) is 0 Å². The lowest BCUT2D eigenvalue weighted by molar-refractivity contribution is -0.155. The molecule has 0 radical (unpaired) electrons. The van der Waals surface area contributed by atoms with Crippen LogP contribution in [-0.2, 0) is 16.1 Å². The molecular formula is C20H30NO4P. The van der Waals surface area contributed by atoms with Crippen LogP contribution < -0.4 is 5.48 Å². The van der Waals surface area contributed by atoms with E-state index in [1.165, 1.54) is 0 Å². The summed E-state index contributed by atoms with van der Waals surface area (Å²) >= 11 is 0. The summed E-state index contributed by atoms with van der Waals surface area (Å²) in [7, 11) is 2.37. The highest BCUT2D eigenvalue weighted by Gasteiger charge is 2.44. The molecule has 0 aliphatic carbocycles. The predicted octanol–water partition coefficient (Wildman–Crippen LogP) is 5.01. The van der Waals surface area contributed by atoms with E-state index < -0.39 is 11.4 Å². The van der Waals surface area contributed by atoms with Gasteiger partial charge in [-0.05, 0) is 41.8 Å². The Bertz CT molecular complexity index is 660. The van der Waals surface area contributed by atoms with Crippen molar-refractivity contribution in [1.82, 2.24) is 0 Å². The smallest absolute Gasteiger partial charge is 0.310 e. The maximum Gasteiger partial charge on any atom is 0.310 e. The summed E-state index contributed by atoms with van der Waals surface area (Å²) in [6.45, 7) is 7.70. The van der Waals surface area contributed by atoms with Crippen molar-refractivity contribution in [1.29, 1.82) is 0 Å². The lowest BCUT2D eigenvalue weighted by Crippen LogP contribution is -2.43. The molecule has 0 fully saturated rings. The minimum Gasteiger partial charge on any atom is -0.508 e. The fourth-order valence-corrected chi connectivity index (χ4v) is 3.85. The number of anilines is 1. The molecule has 0 amide bonds. The highest BCUT2D eigenvalue weighted by atomic mass is 31.0. The normalized spacial score (nSPS) is 11.5. The molecule has 0 aliphatic heterocycles. The number of aromatic hydroxyl groups is 1. The summed E-state index contributed by atoms with van der Waals surface area (Å²) in [6, 6.07) is 11.0. The third kappa shape index (κ3) is 5.52. The van der Waals surface area contributed by atoms with Gasteiger partial charge in [0.2, 0.25) is 0 Å².